The fourth-order valence-corrected chi connectivity index (χ4v) is 6.80. The van der Waals surface area contributed by atoms with Crippen LogP contribution in [0.1, 0.15) is 35.6 Å². The van der Waals surface area contributed by atoms with Crippen LogP contribution < -0.4 is 5.32 Å². The maximum Gasteiger partial charge on any atom is 0.334 e. The summed E-state index contributed by atoms with van der Waals surface area (Å²) in [5, 5.41) is 4.42. The molecule has 40 heavy (non-hydrogen) atoms. The van der Waals surface area contributed by atoms with E-state index in [1.165, 1.54) is 11.8 Å². The summed E-state index contributed by atoms with van der Waals surface area (Å²) < 4.78 is 12.2. The molecule has 3 aromatic carbocycles. The molecule has 204 valence electrons. The third-order valence-corrected chi connectivity index (χ3v) is 8.69. The Labute approximate surface area is 237 Å². The zero-order valence-corrected chi connectivity index (χ0v) is 22.7. The number of rotatable bonds is 8. The minimum absolute atomic E-state index is 0.181. The molecule has 1 unspecified atom stereocenters. The molecule has 2 fully saturated rings. The quantitative estimate of drug-likeness (QED) is 0.328. The second-order valence-electron chi connectivity index (χ2n) is 10.1. The van der Waals surface area contributed by atoms with Gasteiger partial charge in [0.25, 0.3) is 0 Å². The third kappa shape index (κ3) is 5.29. The number of β-lactam (4-membered cyclic amide) rings is 1. The second-order valence-corrected chi connectivity index (χ2v) is 11.1. The molecule has 2 amide bonds. The largest absolute Gasteiger partial charge is 0.451 e. The lowest BCUT2D eigenvalue weighted by Crippen LogP contribution is -2.74. The summed E-state index contributed by atoms with van der Waals surface area (Å²) in [6.07, 6.45) is 0.964. The number of fused-ring (bicyclic) bond motifs is 1. The average Bonchev–Trinajstić information content (AvgIpc) is 3.54. The molecule has 0 aliphatic carbocycles. The van der Waals surface area contributed by atoms with Crippen molar-refractivity contribution in [1.82, 2.24) is 10.2 Å². The first-order chi connectivity index (χ1) is 19.6. The summed E-state index contributed by atoms with van der Waals surface area (Å²) >= 11 is 1.44. The lowest BCUT2D eigenvalue weighted by atomic mass is 9.93. The monoisotopic (exact) mass is 554 g/mol. The maximum absolute atomic E-state index is 14.0. The normalized spacial score (nSPS) is 23.7. The number of nitrogens with zero attached hydrogens (tertiary/aromatic N) is 1. The van der Waals surface area contributed by atoms with Crippen LogP contribution in [-0.2, 0) is 30.3 Å². The van der Waals surface area contributed by atoms with Crippen molar-refractivity contribution in [2.75, 3.05) is 6.61 Å². The van der Waals surface area contributed by atoms with Gasteiger partial charge in [-0.05, 0) is 40.5 Å². The Balaban J connectivity index is 1.25. The number of hydrogen-bond donors (Lipinski definition) is 1. The van der Waals surface area contributed by atoms with Crippen LogP contribution >= 0.6 is 11.8 Å². The van der Waals surface area contributed by atoms with Crippen LogP contribution in [0.5, 0.6) is 0 Å². The van der Waals surface area contributed by atoms with Crippen molar-refractivity contribution in [2.45, 2.75) is 48.9 Å². The minimum Gasteiger partial charge on any atom is -0.451 e. The molecule has 1 N–H and O–H groups in total. The van der Waals surface area contributed by atoms with Crippen molar-refractivity contribution >= 4 is 29.5 Å². The number of esters is 1. The first-order valence-corrected chi connectivity index (χ1v) is 14.5. The highest BCUT2D eigenvalue weighted by molar-refractivity contribution is 8.03. The number of hydrogen-bond acceptors (Lipinski definition) is 6. The first kappa shape index (κ1) is 26.3. The average molecular weight is 555 g/mol. The van der Waals surface area contributed by atoms with Gasteiger partial charge in [-0.2, -0.15) is 0 Å². The number of carbonyl (C=O) groups excluding carboxylic acids is 3. The molecule has 0 saturated carbocycles. The van der Waals surface area contributed by atoms with Gasteiger partial charge in [0.2, 0.25) is 11.8 Å². The summed E-state index contributed by atoms with van der Waals surface area (Å²) in [5.74, 6) is -1.03. The number of nitrogens with one attached hydrogen (secondary N) is 1. The Morgan fingerprint density at radius 2 is 1.57 bits per heavy atom. The van der Waals surface area contributed by atoms with E-state index in [4.69, 9.17) is 9.47 Å². The van der Waals surface area contributed by atoms with E-state index in [2.05, 4.69) is 5.32 Å². The molecule has 4 atom stereocenters. The van der Waals surface area contributed by atoms with Crippen molar-refractivity contribution in [3.63, 3.8) is 0 Å². The summed E-state index contributed by atoms with van der Waals surface area (Å²) in [6, 6.07) is 26.9. The van der Waals surface area contributed by atoms with Gasteiger partial charge in [0.15, 0.2) is 12.1 Å². The lowest BCUT2D eigenvalue weighted by Gasteiger charge is -2.52. The van der Waals surface area contributed by atoms with Gasteiger partial charge in [0, 0.05) is 6.61 Å². The molecule has 0 radical (unpaired) electrons. The van der Waals surface area contributed by atoms with E-state index in [9.17, 15) is 14.4 Å². The first-order valence-electron chi connectivity index (χ1n) is 13.5. The second kappa shape index (κ2) is 11.7. The van der Waals surface area contributed by atoms with Gasteiger partial charge in [-0.25, -0.2) is 4.79 Å². The molecule has 0 spiro atoms. The van der Waals surface area contributed by atoms with Crippen molar-refractivity contribution in [3.8, 4) is 0 Å². The number of thioether (sulfide) groups is 1. The Bertz CT molecular complexity index is 1350. The van der Waals surface area contributed by atoms with Gasteiger partial charge in [0.1, 0.15) is 11.4 Å². The number of carbonyl (C=O) groups is 3. The predicted molar refractivity (Wildman–Crippen MR) is 152 cm³/mol. The fraction of sp³-hybridized carbons (Fsp3) is 0.281. The van der Waals surface area contributed by atoms with E-state index in [1.807, 2.05) is 96.4 Å². The lowest BCUT2D eigenvalue weighted by molar-refractivity contribution is -0.166. The topological polar surface area (TPSA) is 84.9 Å². The van der Waals surface area contributed by atoms with Crippen LogP contribution in [0.25, 0.3) is 0 Å². The van der Waals surface area contributed by atoms with E-state index in [1.54, 1.807) is 4.90 Å². The Morgan fingerprint density at radius 3 is 2.17 bits per heavy atom. The molecule has 3 aromatic rings. The molecule has 3 aliphatic rings. The molecule has 7 nitrogen and oxygen atoms in total. The van der Waals surface area contributed by atoms with Crippen LogP contribution in [-0.4, -0.2) is 52.9 Å². The highest BCUT2D eigenvalue weighted by Gasteiger charge is 2.57. The van der Waals surface area contributed by atoms with Crippen LogP contribution in [0.2, 0.25) is 0 Å². The van der Waals surface area contributed by atoms with Crippen LogP contribution in [0, 0.1) is 0 Å². The Morgan fingerprint density at radius 1 is 0.950 bits per heavy atom. The molecule has 2 saturated heterocycles. The molecule has 6 rings (SSSR count). The zero-order chi connectivity index (χ0) is 27.5. The summed E-state index contributed by atoms with van der Waals surface area (Å²) in [4.78, 5) is 41.9. The zero-order valence-electron chi connectivity index (χ0n) is 21.8. The highest BCUT2D eigenvalue weighted by atomic mass is 32.2. The molecule has 8 heteroatoms. The Kier molecular flexibility index (Phi) is 7.71. The van der Waals surface area contributed by atoms with Gasteiger partial charge < -0.3 is 19.7 Å². The highest BCUT2D eigenvalue weighted by Crippen LogP contribution is 2.43. The summed E-state index contributed by atoms with van der Waals surface area (Å²) in [5.41, 5.74) is 3.29. The molecule has 3 aliphatic heterocycles. The SMILES string of the molecule is O=C(Cc1ccccc1)N[C@@H]1C(=O)N2[C@@H](C(=O)OC(c3ccccc3)c3ccccc3)C(C3CCCO3)=CS[C@H]12. The number of benzene rings is 3. The van der Waals surface area contributed by atoms with E-state index < -0.39 is 29.5 Å². The summed E-state index contributed by atoms with van der Waals surface area (Å²) in [7, 11) is 0. The molecule has 0 bridgehead atoms. The van der Waals surface area contributed by atoms with Crippen LogP contribution in [0.15, 0.2) is 102 Å². The maximum atomic E-state index is 14.0. The van der Waals surface area contributed by atoms with E-state index in [-0.39, 0.29) is 24.3 Å². The molecular weight excluding hydrogens is 524 g/mol. The van der Waals surface area contributed by atoms with Gasteiger partial charge in [0.05, 0.1) is 12.5 Å². The van der Waals surface area contributed by atoms with Gasteiger partial charge >= 0.3 is 5.97 Å². The molecular formula is C32H30N2O5S. The van der Waals surface area contributed by atoms with E-state index in [0.29, 0.717) is 6.61 Å². The van der Waals surface area contributed by atoms with Crippen LogP contribution in [0.3, 0.4) is 0 Å². The number of amides is 2. The van der Waals surface area contributed by atoms with Crippen molar-refractivity contribution < 1.29 is 23.9 Å². The van der Waals surface area contributed by atoms with Crippen LogP contribution in [0.4, 0.5) is 0 Å². The van der Waals surface area contributed by atoms with Crippen molar-refractivity contribution in [1.29, 1.82) is 0 Å². The number of ether oxygens (including phenoxy) is 2. The Hall–Kier alpha value is -3.88. The standard InChI is InChI=1S/C32H30N2O5S/c35-26(19-21-11-4-1-5-12-21)33-27-30(36)34-28(24(20-40-31(27)34)25-17-10-18-38-25)32(37)39-29(22-13-6-2-7-14-22)23-15-8-3-9-16-23/h1-9,11-16,20,25,27-29,31H,10,17-19H2,(H,33,35)/t25?,27-,28-,31-/m1/s1. The molecule has 3 heterocycles. The smallest absolute Gasteiger partial charge is 0.334 e. The predicted octanol–water partition coefficient (Wildman–Crippen LogP) is 4.39. The van der Waals surface area contributed by atoms with Gasteiger partial charge in [-0.1, -0.05) is 91.0 Å². The third-order valence-electron chi connectivity index (χ3n) is 7.50. The van der Waals surface area contributed by atoms with Crippen molar-refractivity contribution in [2.24, 2.45) is 0 Å². The van der Waals surface area contributed by atoms with E-state index >= 15 is 0 Å². The van der Waals surface area contributed by atoms with E-state index in [0.717, 1.165) is 35.1 Å². The minimum atomic E-state index is -0.918. The van der Waals surface area contributed by atoms with Gasteiger partial charge in [-0.3, -0.25) is 9.59 Å². The fourth-order valence-electron chi connectivity index (χ4n) is 5.52. The van der Waals surface area contributed by atoms with Gasteiger partial charge in [-0.15, -0.1) is 11.8 Å². The molecule has 0 aromatic heterocycles. The summed E-state index contributed by atoms with van der Waals surface area (Å²) in [6.45, 7) is 0.612. The van der Waals surface area contributed by atoms with Crippen molar-refractivity contribution in [3.05, 3.63) is 119 Å².